The molecule has 26 heavy (non-hydrogen) atoms. The van der Waals surface area contributed by atoms with E-state index in [1.165, 1.54) is 37.4 Å². The van der Waals surface area contributed by atoms with Crippen LogP contribution in [-0.4, -0.2) is 34.9 Å². The number of methoxy groups -OCH3 is 1. The van der Waals surface area contributed by atoms with E-state index in [-0.39, 0.29) is 58.0 Å². The molecule has 0 atom stereocenters. The molecule has 0 radical (unpaired) electrons. The molecule has 0 fully saturated rings. The van der Waals surface area contributed by atoms with Gasteiger partial charge in [0, 0.05) is 17.7 Å². The van der Waals surface area contributed by atoms with Crippen LogP contribution in [0.4, 0.5) is 0 Å². The Morgan fingerprint density at radius 3 is 2.50 bits per heavy atom. The van der Waals surface area contributed by atoms with Gasteiger partial charge in [-0.05, 0) is 18.2 Å². The maximum atomic E-state index is 12.7. The van der Waals surface area contributed by atoms with Crippen molar-refractivity contribution in [1.29, 1.82) is 0 Å². The van der Waals surface area contributed by atoms with Crippen LogP contribution in [0.1, 0.15) is 0 Å². The number of rotatable bonds is 5. The summed E-state index contributed by atoms with van der Waals surface area (Å²) in [5.74, 6) is -0.590. The van der Waals surface area contributed by atoms with Gasteiger partial charge in [-0.1, -0.05) is 0 Å². The number of fused-ring (bicyclic) bond motifs is 1. The molecule has 3 N–H and O–H groups in total. The molecule has 0 spiro atoms. The zero-order valence-corrected chi connectivity index (χ0v) is 14.4. The fourth-order valence-electron chi connectivity index (χ4n) is 2.54. The van der Waals surface area contributed by atoms with Crippen molar-refractivity contribution in [3.05, 3.63) is 40.6 Å². The first-order chi connectivity index (χ1) is 12.5. The fraction of sp³-hybridized carbons (Fsp3) is 0.167. The fourth-order valence-corrected chi connectivity index (χ4v) is 2.61. The van der Waals surface area contributed by atoms with Gasteiger partial charge in [0.15, 0.2) is 17.3 Å². The molecule has 2 aromatic carbocycles. The predicted octanol–water partition coefficient (Wildman–Crippen LogP) is 3.20. The smallest absolute Gasteiger partial charge is 0.239 e. The van der Waals surface area contributed by atoms with Gasteiger partial charge in [0.25, 0.3) is 0 Å². The van der Waals surface area contributed by atoms with Crippen LogP contribution < -0.4 is 14.9 Å². The molecule has 0 aliphatic heterocycles. The lowest BCUT2D eigenvalue weighted by atomic mass is 10.1. The van der Waals surface area contributed by atoms with E-state index >= 15 is 0 Å². The Kier molecular flexibility index (Phi) is 4.81. The summed E-state index contributed by atoms with van der Waals surface area (Å²) < 4.78 is 16.3. The standard InChI is InChI=1S/C18H15ClO7/c1-24-18-16(23)15-13(22)7-10(25-5-4-19)8-14(15)26-17(18)9-2-3-11(20)12(21)6-9/h2-3,6-8,20-22H,4-5H2,1H3. The van der Waals surface area contributed by atoms with Crippen molar-refractivity contribution in [2.24, 2.45) is 0 Å². The third kappa shape index (κ3) is 3.09. The number of benzene rings is 2. The first kappa shape index (κ1) is 17.8. The van der Waals surface area contributed by atoms with Gasteiger partial charge in [0.2, 0.25) is 11.2 Å². The largest absolute Gasteiger partial charge is 0.507 e. The Morgan fingerprint density at radius 1 is 1.08 bits per heavy atom. The molecule has 8 heteroatoms. The van der Waals surface area contributed by atoms with E-state index in [1.807, 2.05) is 0 Å². The summed E-state index contributed by atoms with van der Waals surface area (Å²) in [6.07, 6.45) is 0. The van der Waals surface area contributed by atoms with Gasteiger partial charge in [0.05, 0.1) is 13.0 Å². The SMILES string of the molecule is COc1c(-c2ccc(O)c(O)c2)oc2cc(OCCCl)cc(O)c2c1=O. The van der Waals surface area contributed by atoms with Gasteiger partial charge in [-0.25, -0.2) is 0 Å². The molecule has 3 aromatic rings. The Bertz CT molecular complexity index is 1030. The Morgan fingerprint density at radius 2 is 1.85 bits per heavy atom. The lowest BCUT2D eigenvalue weighted by Crippen LogP contribution is -2.08. The third-order valence-corrected chi connectivity index (χ3v) is 3.85. The molecule has 0 aliphatic rings. The van der Waals surface area contributed by atoms with Crippen LogP contribution in [0.3, 0.4) is 0 Å². The van der Waals surface area contributed by atoms with E-state index in [9.17, 15) is 20.1 Å². The number of hydrogen-bond acceptors (Lipinski definition) is 7. The van der Waals surface area contributed by atoms with Crippen molar-refractivity contribution in [2.45, 2.75) is 0 Å². The van der Waals surface area contributed by atoms with Crippen molar-refractivity contribution in [1.82, 2.24) is 0 Å². The first-order valence-corrected chi connectivity index (χ1v) is 8.08. The van der Waals surface area contributed by atoms with Crippen LogP contribution >= 0.6 is 11.6 Å². The van der Waals surface area contributed by atoms with Crippen molar-refractivity contribution in [2.75, 3.05) is 19.6 Å². The lowest BCUT2D eigenvalue weighted by Gasteiger charge is -2.12. The third-order valence-electron chi connectivity index (χ3n) is 3.69. The second-order valence-electron chi connectivity index (χ2n) is 5.35. The lowest BCUT2D eigenvalue weighted by molar-refractivity contribution is 0.340. The number of ether oxygens (including phenoxy) is 2. The second-order valence-corrected chi connectivity index (χ2v) is 5.73. The normalized spacial score (nSPS) is 10.8. The zero-order chi connectivity index (χ0) is 18.8. The summed E-state index contributed by atoms with van der Waals surface area (Å²) in [5, 5.41) is 29.3. The van der Waals surface area contributed by atoms with Gasteiger partial charge < -0.3 is 29.2 Å². The van der Waals surface area contributed by atoms with Gasteiger partial charge in [-0.15, -0.1) is 11.6 Å². The monoisotopic (exact) mass is 378 g/mol. The maximum Gasteiger partial charge on any atom is 0.239 e. The highest BCUT2D eigenvalue weighted by molar-refractivity contribution is 6.18. The molecule has 0 amide bonds. The highest BCUT2D eigenvalue weighted by Gasteiger charge is 2.21. The summed E-state index contributed by atoms with van der Waals surface area (Å²) >= 11 is 5.59. The van der Waals surface area contributed by atoms with Crippen LogP contribution in [0, 0.1) is 0 Å². The number of hydrogen-bond donors (Lipinski definition) is 3. The Labute approximate surface area is 152 Å². The average molecular weight is 379 g/mol. The molecule has 0 saturated carbocycles. The molecule has 136 valence electrons. The minimum absolute atomic E-state index is 0.0363. The number of alkyl halides is 1. The van der Waals surface area contributed by atoms with Crippen LogP contribution in [0.15, 0.2) is 39.5 Å². The van der Waals surface area contributed by atoms with Crippen molar-refractivity contribution in [3.8, 4) is 40.1 Å². The number of phenolic OH excluding ortho intramolecular Hbond substituents is 3. The number of phenols is 3. The minimum Gasteiger partial charge on any atom is -0.507 e. The van der Waals surface area contributed by atoms with Gasteiger partial charge in [0.1, 0.15) is 29.1 Å². The first-order valence-electron chi connectivity index (χ1n) is 7.55. The molecule has 7 nitrogen and oxygen atoms in total. The molecular weight excluding hydrogens is 364 g/mol. The quantitative estimate of drug-likeness (QED) is 0.462. The molecule has 0 aliphatic carbocycles. The van der Waals surface area contributed by atoms with Crippen LogP contribution in [0.25, 0.3) is 22.3 Å². The van der Waals surface area contributed by atoms with Gasteiger partial charge in [-0.2, -0.15) is 0 Å². The molecule has 3 rings (SSSR count). The highest BCUT2D eigenvalue weighted by Crippen LogP contribution is 2.38. The van der Waals surface area contributed by atoms with Gasteiger partial charge >= 0.3 is 0 Å². The zero-order valence-electron chi connectivity index (χ0n) is 13.7. The van der Waals surface area contributed by atoms with Crippen molar-refractivity contribution >= 4 is 22.6 Å². The molecule has 1 aromatic heterocycles. The van der Waals surface area contributed by atoms with E-state index < -0.39 is 5.43 Å². The topological polar surface area (TPSA) is 109 Å². The van der Waals surface area contributed by atoms with Gasteiger partial charge in [-0.3, -0.25) is 4.79 Å². The van der Waals surface area contributed by atoms with Crippen LogP contribution in [0.2, 0.25) is 0 Å². The predicted molar refractivity (Wildman–Crippen MR) is 95.7 cm³/mol. The average Bonchev–Trinajstić information content (AvgIpc) is 2.61. The van der Waals surface area contributed by atoms with Crippen molar-refractivity contribution < 1.29 is 29.2 Å². The maximum absolute atomic E-state index is 12.7. The molecular formula is C18H15ClO7. The highest BCUT2D eigenvalue weighted by atomic mass is 35.5. The number of aromatic hydroxyl groups is 3. The van der Waals surface area contributed by atoms with E-state index in [0.29, 0.717) is 5.56 Å². The summed E-state index contributed by atoms with van der Waals surface area (Å²) in [6.45, 7) is 0.214. The van der Waals surface area contributed by atoms with E-state index in [1.54, 1.807) is 0 Å². The second kappa shape index (κ2) is 7.05. The van der Waals surface area contributed by atoms with E-state index in [2.05, 4.69) is 0 Å². The summed E-state index contributed by atoms with van der Waals surface area (Å²) in [7, 11) is 1.29. The molecule has 0 unspecified atom stereocenters. The Hall–Kier alpha value is -3.06. The van der Waals surface area contributed by atoms with Crippen molar-refractivity contribution in [3.63, 3.8) is 0 Å². The number of halogens is 1. The Balaban J connectivity index is 2.28. The summed E-state index contributed by atoms with van der Waals surface area (Å²) in [4.78, 5) is 12.7. The van der Waals surface area contributed by atoms with Crippen LogP contribution in [-0.2, 0) is 0 Å². The summed E-state index contributed by atoms with van der Waals surface area (Å²) in [6, 6.07) is 6.68. The van der Waals surface area contributed by atoms with Crippen LogP contribution in [0.5, 0.6) is 28.7 Å². The molecule has 1 heterocycles. The summed E-state index contributed by atoms with van der Waals surface area (Å²) in [5.41, 5.74) is -0.205. The van der Waals surface area contributed by atoms with E-state index in [4.69, 9.17) is 25.5 Å². The van der Waals surface area contributed by atoms with E-state index in [0.717, 1.165) is 0 Å². The molecule has 0 saturated heterocycles. The molecule has 0 bridgehead atoms. The minimum atomic E-state index is -0.585.